The van der Waals surface area contributed by atoms with Gasteiger partial charge < -0.3 is 19.9 Å². The van der Waals surface area contributed by atoms with Crippen LogP contribution in [0.2, 0.25) is 0 Å². The molecule has 55 heavy (non-hydrogen) atoms. The highest BCUT2D eigenvalue weighted by atomic mass is 32.2. The van der Waals surface area contributed by atoms with Crippen LogP contribution in [0.15, 0.2) is 108 Å². The normalized spacial score (nSPS) is 27.1. The van der Waals surface area contributed by atoms with Gasteiger partial charge in [-0.2, -0.15) is 4.72 Å². The van der Waals surface area contributed by atoms with E-state index >= 15 is 0 Å². The summed E-state index contributed by atoms with van der Waals surface area (Å²) in [6, 6.07) is 30.8. The van der Waals surface area contributed by atoms with Crippen LogP contribution in [0.4, 0.5) is 5.69 Å². The number of nitrogens with zero attached hydrogens (tertiary/aromatic N) is 1. The first kappa shape index (κ1) is 39.3. The molecule has 2 bridgehead atoms. The number of ether oxygens (including phenoxy) is 2. The van der Waals surface area contributed by atoms with E-state index in [1.165, 1.54) is 19.3 Å². The van der Waals surface area contributed by atoms with E-state index in [0.717, 1.165) is 40.9 Å². The van der Waals surface area contributed by atoms with Crippen LogP contribution in [0.1, 0.15) is 87.2 Å². The maximum absolute atomic E-state index is 13.8. The minimum Gasteiger partial charge on any atom is -0.392 e. The Balaban J connectivity index is 1.10. The van der Waals surface area contributed by atoms with Crippen molar-refractivity contribution in [3.05, 3.63) is 131 Å². The van der Waals surface area contributed by atoms with E-state index in [2.05, 4.69) is 42.6 Å². The lowest BCUT2D eigenvalue weighted by atomic mass is 9.65. The zero-order valence-electron chi connectivity index (χ0n) is 32.6. The third-order valence-corrected chi connectivity index (χ3v) is 13.2. The van der Waals surface area contributed by atoms with Crippen LogP contribution < -0.4 is 10.0 Å². The second-order valence-corrected chi connectivity index (χ2v) is 19.0. The Morgan fingerprint density at radius 3 is 2.22 bits per heavy atom. The average molecular weight is 766 g/mol. The van der Waals surface area contributed by atoms with Gasteiger partial charge in [0.05, 0.1) is 23.7 Å². The summed E-state index contributed by atoms with van der Waals surface area (Å²) in [4.78, 5) is 16.5. The van der Waals surface area contributed by atoms with E-state index in [1.54, 1.807) is 36.4 Å². The maximum Gasteiger partial charge on any atom is 0.242 e. The van der Waals surface area contributed by atoms with Crippen LogP contribution in [0.25, 0.3) is 0 Å². The van der Waals surface area contributed by atoms with Gasteiger partial charge in [-0.15, -0.1) is 0 Å². The number of amides is 1. The van der Waals surface area contributed by atoms with Crippen molar-refractivity contribution in [2.45, 2.75) is 102 Å². The fourth-order valence-corrected chi connectivity index (χ4v) is 10.5. The van der Waals surface area contributed by atoms with E-state index in [9.17, 15) is 18.3 Å². The second-order valence-electron chi connectivity index (χ2n) is 17.3. The molecule has 2 saturated heterocycles. The molecular formula is C45H55N3O6S. The number of sulfonamides is 1. The molecule has 10 heteroatoms. The molecule has 1 aliphatic carbocycles. The lowest BCUT2D eigenvalue weighted by Gasteiger charge is -2.43. The maximum atomic E-state index is 13.8. The number of likely N-dealkylation sites (tertiary alicyclic amines) is 1. The second kappa shape index (κ2) is 15.9. The molecule has 7 atom stereocenters. The van der Waals surface area contributed by atoms with E-state index < -0.39 is 28.3 Å². The fourth-order valence-electron chi connectivity index (χ4n) is 9.31. The molecule has 4 aromatic rings. The molecule has 4 aromatic carbocycles. The number of aliphatic hydroxyl groups excluding tert-OH is 1. The zero-order chi connectivity index (χ0) is 39.0. The highest BCUT2D eigenvalue weighted by molar-refractivity contribution is 7.89. The molecule has 0 aromatic heterocycles. The van der Waals surface area contributed by atoms with E-state index in [0.29, 0.717) is 22.6 Å². The molecule has 9 nitrogen and oxygen atoms in total. The molecule has 0 spiro atoms. The summed E-state index contributed by atoms with van der Waals surface area (Å²) in [6.07, 6.45) is 2.84. The first-order valence-corrected chi connectivity index (χ1v) is 21.0. The largest absolute Gasteiger partial charge is 0.392 e. The molecule has 0 radical (unpaired) electrons. The quantitative estimate of drug-likeness (QED) is 0.135. The molecular weight excluding hydrogens is 711 g/mol. The first-order chi connectivity index (χ1) is 26.2. The number of rotatable bonds is 12. The predicted octanol–water partition coefficient (Wildman–Crippen LogP) is 7.71. The Hall–Kier alpha value is -3.90. The standard InChI is InChI=1S/C45H55N3O6S/c1-30-11-21-38(22-12-30)55(51,52)47-39(23-32-9-7-6-8-10-32)42(50)46-36-19-17-35(18-20-36)43-53-40(26-48-29-45(5)25-37(48)24-44(3,4)28-45)31(2)41(54-43)34-15-13-33(27-49)14-16-34/h6-22,31,37,39-41,43,47,49H,23-29H2,1-5H3,(H,46,50)/t31-,37?,39-,40+,41+,43+,45?/m1/s1. The lowest BCUT2D eigenvalue weighted by Crippen LogP contribution is -2.46. The zero-order valence-corrected chi connectivity index (χ0v) is 33.4. The Morgan fingerprint density at radius 1 is 0.873 bits per heavy atom. The van der Waals surface area contributed by atoms with Gasteiger partial charge >= 0.3 is 0 Å². The summed E-state index contributed by atoms with van der Waals surface area (Å²) < 4.78 is 43.0. The third kappa shape index (κ3) is 9.22. The van der Waals surface area contributed by atoms with Gasteiger partial charge in [0.15, 0.2) is 6.29 Å². The number of aliphatic hydroxyl groups is 1. The molecule has 2 heterocycles. The minimum absolute atomic E-state index is 0.0182. The summed E-state index contributed by atoms with van der Waals surface area (Å²) in [5, 5.41) is 12.6. The highest BCUT2D eigenvalue weighted by Crippen LogP contribution is 2.53. The summed E-state index contributed by atoms with van der Waals surface area (Å²) in [5.74, 6) is -0.397. The molecule has 1 amide bonds. The molecule has 292 valence electrons. The summed E-state index contributed by atoms with van der Waals surface area (Å²) in [5.41, 5.74) is 5.63. The predicted molar refractivity (Wildman–Crippen MR) is 215 cm³/mol. The number of carbonyl (C=O) groups is 1. The number of carbonyl (C=O) groups excluding carboxylic acids is 1. The number of aryl methyl sites for hydroxylation is 1. The van der Waals surface area contributed by atoms with Crippen molar-refractivity contribution in [1.29, 1.82) is 0 Å². The lowest BCUT2D eigenvalue weighted by molar-refractivity contribution is -0.276. The molecule has 1 saturated carbocycles. The smallest absolute Gasteiger partial charge is 0.242 e. The van der Waals surface area contributed by atoms with Crippen LogP contribution >= 0.6 is 0 Å². The monoisotopic (exact) mass is 765 g/mol. The van der Waals surface area contributed by atoms with Crippen LogP contribution in [-0.4, -0.2) is 55.6 Å². The van der Waals surface area contributed by atoms with Crippen molar-refractivity contribution >= 4 is 21.6 Å². The van der Waals surface area contributed by atoms with Crippen molar-refractivity contribution in [2.24, 2.45) is 16.7 Å². The van der Waals surface area contributed by atoms with Crippen LogP contribution in [0, 0.1) is 23.7 Å². The first-order valence-electron chi connectivity index (χ1n) is 19.5. The summed E-state index contributed by atoms with van der Waals surface area (Å²) >= 11 is 0. The Bertz CT molecular complexity index is 2040. The van der Waals surface area contributed by atoms with Crippen molar-refractivity contribution < 1.29 is 27.8 Å². The third-order valence-electron chi connectivity index (χ3n) is 11.7. The Morgan fingerprint density at radius 2 is 1.55 bits per heavy atom. The summed E-state index contributed by atoms with van der Waals surface area (Å²) in [7, 11) is -3.98. The molecule has 7 rings (SSSR count). The van der Waals surface area contributed by atoms with Crippen LogP contribution in [0.5, 0.6) is 0 Å². The van der Waals surface area contributed by atoms with Gasteiger partial charge in [-0.05, 0) is 84.4 Å². The number of hydrogen-bond acceptors (Lipinski definition) is 7. The fraction of sp³-hybridized carbons (Fsp3) is 0.444. The molecule has 3 fully saturated rings. The van der Waals surface area contributed by atoms with Crippen LogP contribution in [0.3, 0.4) is 0 Å². The number of hydrogen-bond donors (Lipinski definition) is 3. The van der Waals surface area contributed by atoms with Gasteiger partial charge in [-0.3, -0.25) is 9.69 Å². The molecule has 3 aliphatic rings. The van der Waals surface area contributed by atoms with Gasteiger partial charge in [0.25, 0.3) is 0 Å². The topological polar surface area (TPSA) is 117 Å². The van der Waals surface area contributed by atoms with Gasteiger partial charge in [-0.1, -0.05) is 112 Å². The SMILES string of the molecule is Cc1ccc(S(=O)(=O)N[C@H](Cc2ccccc2)C(=O)Nc2ccc([C@H]3O[C@@H](CN4CC5(C)CC4CC(C)(C)C5)[C@@H](C)[C@@H](c4ccc(CO)cc4)O3)cc2)cc1. The number of fused-ring (bicyclic) bond motifs is 2. The number of benzene rings is 4. The molecule has 2 aliphatic heterocycles. The van der Waals surface area contributed by atoms with Crippen molar-refractivity contribution in [3.63, 3.8) is 0 Å². The van der Waals surface area contributed by atoms with E-state index in [1.807, 2.05) is 73.7 Å². The van der Waals surface area contributed by atoms with Gasteiger partial charge in [0.2, 0.25) is 15.9 Å². The van der Waals surface area contributed by atoms with Crippen molar-refractivity contribution in [3.8, 4) is 0 Å². The molecule has 3 N–H and O–H groups in total. The molecule has 2 unspecified atom stereocenters. The van der Waals surface area contributed by atoms with Gasteiger partial charge in [0, 0.05) is 36.3 Å². The highest BCUT2D eigenvalue weighted by Gasteiger charge is 2.51. The Kier molecular flexibility index (Phi) is 11.4. The Labute approximate surface area is 326 Å². The van der Waals surface area contributed by atoms with Crippen molar-refractivity contribution in [1.82, 2.24) is 9.62 Å². The van der Waals surface area contributed by atoms with E-state index in [4.69, 9.17) is 9.47 Å². The van der Waals surface area contributed by atoms with Gasteiger partial charge in [0.1, 0.15) is 6.04 Å². The van der Waals surface area contributed by atoms with Crippen molar-refractivity contribution in [2.75, 3.05) is 18.4 Å². The van der Waals surface area contributed by atoms with Crippen LogP contribution in [-0.2, 0) is 37.3 Å². The average Bonchev–Trinajstić information content (AvgIpc) is 3.39. The number of nitrogens with one attached hydrogen (secondary N) is 2. The summed E-state index contributed by atoms with van der Waals surface area (Å²) in [6.45, 7) is 13.2. The van der Waals surface area contributed by atoms with E-state index in [-0.39, 0.29) is 36.0 Å². The van der Waals surface area contributed by atoms with Gasteiger partial charge in [-0.25, -0.2) is 8.42 Å². The minimum atomic E-state index is -3.98. The number of anilines is 1.